The van der Waals surface area contributed by atoms with Gasteiger partial charge in [-0.05, 0) is 159 Å². The number of hydrogen-bond acceptors (Lipinski definition) is 1. The molecule has 2 unspecified atom stereocenters. The van der Waals surface area contributed by atoms with Crippen molar-refractivity contribution in [3.05, 3.63) is 280 Å². The third kappa shape index (κ3) is 7.82. The molecule has 4 aliphatic rings. The maximum absolute atomic E-state index is 3.81. The molecule has 2 heteroatoms. The number of benzene rings is 8. The van der Waals surface area contributed by atoms with Crippen LogP contribution in [0.1, 0.15) is 65.8 Å². The van der Waals surface area contributed by atoms with Crippen molar-refractivity contribution in [3.8, 4) is 27.9 Å². The summed E-state index contributed by atoms with van der Waals surface area (Å²) in [7, 11) is 0. The summed E-state index contributed by atoms with van der Waals surface area (Å²) in [5, 5.41) is 6.33. The van der Waals surface area contributed by atoms with E-state index in [-0.39, 0.29) is 5.41 Å². The summed E-state index contributed by atoms with van der Waals surface area (Å²) in [6, 6.07) is 60.8. The van der Waals surface area contributed by atoms with E-state index in [0.717, 1.165) is 29.9 Å². The Labute approximate surface area is 433 Å². The molecule has 8 aromatic carbocycles. The zero-order chi connectivity index (χ0) is 49.0. The first-order valence-corrected chi connectivity index (χ1v) is 26.7. The number of aromatic nitrogens is 1. The lowest BCUT2D eigenvalue weighted by atomic mass is 9.84. The highest BCUT2D eigenvalue weighted by atomic mass is 32.2. The Balaban J connectivity index is 0.863. The molecule has 13 rings (SSSR count). The predicted octanol–water partition coefficient (Wildman–Crippen LogP) is 19.2. The summed E-state index contributed by atoms with van der Waals surface area (Å²) < 4.78 is 2.44. The van der Waals surface area contributed by atoms with Gasteiger partial charge < -0.3 is 4.57 Å². The van der Waals surface area contributed by atoms with E-state index in [1.165, 1.54) is 115 Å². The summed E-state index contributed by atoms with van der Waals surface area (Å²) in [4.78, 5) is 2.51. The van der Waals surface area contributed by atoms with Gasteiger partial charge in [-0.1, -0.05) is 219 Å². The zero-order valence-electron chi connectivity index (χ0n) is 41.6. The maximum atomic E-state index is 3.81. The first-order chi connectivity index (χ1) is 36.0. The van der Waals surface area contributed by atoms with Gasteiger partial charge >= 0.3 is 0 Å². The van der Waals surface area contributed by atoms with Crippen molar-refractivity contribution in [1.82, 2.24) is 4.57 Å². The van der Waals surface area contributed by atoms with E-state index < -0.39 is 0 Å². The fraction of sp³-hybridized carbons (Fsp3) is 0.113. The summed E-state index contributed by atoms with van der Waals surface area (Å²) in [5.41, 5.74) is 23.9. The van der Waals surface area contributed by atoms with Crippen molar-refractivity contribution >= 4 is 67.0 Å². The lowest BCUT2D eigenvalue weighted by Gasteiger charge is -2.23. The summed E-state index contributed by atoms with van der Waals surface area (Å²) in [6.45, 7) is 6.63. The third-order valence-electron chi connectivity index (χ3n) is 15.7. The molecule has 3 aliphatic carbocycles. The Morgan fingerprint density at radius 2 is 1.42 bits per heavy atom. The second kappa shape index (κ2) is 18.5. The van der Waals surface area contributed by atoms with Crippen LogP contribution in [0.5, 0.6) is 0 Å². The quantitative estimate of drug-likeness (QED) is 0.0710. The van der Waals surface area contributed by atoms with Crippen LogP contribution < -0.4 is 0 Å². The second-order valence-electron chi connectivity index (χ2n) is 19.9. The largest absolute Gasteiger partial charge is 0.313 e. The van der Waals surface area contributed by atoms with Crippen molar-refractivity contribution in [3.63, 3.8) is 0 Å². The normalized spacial score (nSPS) is 17.8. The van der Waals surface area contributed by atoms with E-state index in [2.05, 4.69) is 268 Å². The fourth-order valence-electron chi connectivity index (χ4n) is 11.9. The van der Waals surface area contributed by atoms with Gasteiger partial charge in [0.25, 0.3) is 0 Å². The molecule has 2 bridgehead atoms. The number of fused-ring (bicyclic) bond motifs is 6. The van der Waals surface area contributed by atoms with Crippen molar-refractivity contribution in [2.24, 2.45) is 5.92 Å². The molecule has 0 radical (unpaired) electrons. The van der Waals surface area contributed by atoms with Crippen LogP contribution in [0.4, 0.5) is 0 Å². The topological polar surface area (TPSA) is 4.93 Å². The van der Waals surface area contributed by atoms with Gasteiger partial charge in [0.05, 0.1) is 10.4 Å². The smallest absolute Gasteiger partial charge is 0.0548 e. The lowest BCUT2D eigenvalue weighted by Crippen LogP contribution is -2.10. The SMILES string of the molecule is C/C=C(\C=C/CC)c1c2ccccc2c(-c2ccccc2)c2cc(-c3ccc(-n4c(C)c(/C=C\Cc5cc(C67C=CC=CC6C7)cc6c5SC5=C=C6C=C(c6ccccc6)C=C5)c5ccccc54)cc3)ccc12. The monoisotopic (exact) mass is 953 g/mol. The Kier molecular flexibility index (Phi) is 11.3. The molecule has 0 amide bonds. The Hall–Kier alpha value is -8.13. The van der Waals surface area contributed by atoms with Gasteiger partial charge in [0.2, 0.25) is 0 Å². The van der Waals surface area contributed by atoms with Crippen LogP contribution >= 0.6 is 11.8 Å². The van der Waals surface area contributed by atoms with Gasteiger partial charge in [-0.3, -0.25) is 0 Å². The van der Waals surface area contributed by atoms with Crippen molar-refractivity contribution < 1.29 is 0 Å². The molecule has 350 valence electrons. The minimum absolute atomic E-state index is 0.0752. The molecule has 1 fully saturated rings. The van der Waals surface area contributed by atoms with Crippen LogP contribution in [0, 0.1) is 12.8 Å². The van der Waals surface area contributed by atoms with E-state index in [1.807, 2.05) is 11.8 Å². The van der Waals surface area contributed by atoms with Crippen LogP contribution in [-0.2, 0) is 11.8 Å². The van der Waals surface area contributed by atoms with Gasteiger partial charge in [-0.2, -0.15) is 0 Å². The molecule has 0 N–H and O–H groups in total. The standard InChI is InChI=1S/C71H55NS/c1-4-6-20-48(5-2)68-62-28-13-14-29-63(62)69(51-23-11-8-12-24-51)66-44-53(35-39-64(66)68)50-32-36-58(37-33-50)72-47(3)60(61-27-15-16-31-67(61)72)30-19-25-54-42-57(71-40-18-17-26-56(71)46-71)45-65-55-41-52(49-21-9-7-10-22-49)34-38-59(43-55)73-70(54)65/h5-24,26-42,44-45,56H,4,25,46H2,1-3H3/b20-6-,30-19-,48-5+. The van der Waals surface area contributed by atoms with E-state index in [9.17, 15) is 0 Å². The predicted molar refractivity (Wildman–Crippen MR) is 314 cm³/mol. The van der Waals surface area contributed by atoms with Crippen molar-refractivity contribution in [2.75, 3.05) is 0 Å². The molecular formula is C71H55NS. The number of nitrogens with zero attached hydrogens (tertiary/aromatic N) is 1. The molecule has 2 atom stereocenters. The maximum Gasteiger partial charge on any atom is 0.0548 e. The Bertz CT molecular complexity index is 4010. The molecular weight excluding hydrogens is 899 g/mol. The first kappa shape index (κ1) is 44.8. The molecule has 9 aromatic rings. The average molecular weight is 954 g/mol. The Morgan fingerprint density at radius 3 is 2.21 bits per heavy atom. The van der Waals surface area contributed by atoms with Crippen molar-refractivity contribution in [2.45, 2.75) is 50.3 Å². The van der Waals surface area contributed by atoms with Gasteiger partial charge in [0.1, 0.15) is 0 Å². The highest BCUT2D eigenvalue weighted by molar-refractivity contribution is 8.03. The van der Waals surface area contributed by atoms with Crippen LogP contribution in [-0.4, -0.2) is 4.57 Å². The molecule has 0 saturated heterocycles. The number of hydrogen-bond donors (Lipinski definition) is 0. The van der Waals surface area contributed by atoms with Crippen molar-refractivity contribution in [1.29, 1.82) is 0 Å². The van der Waals surface area contributed by atoms with Gasteiger partial charge in [0.15, 0.2) is 0 Å². The highest BCUT2D eigenvalue weighted by Gasteiger charge is 2.53. The van der Waals surface area contributed by atoms with Crippen LogP contribution in [0.3, 0.4) is 0 Å². The van der Waals surface area contributed by atoms with Gasteiger partial charge in [-0.15, -0.1) is 0 Å². The molecule has 2 heterocycles. The lowest BCUT2D eigenvalue weighted by molar-refractivity contribution is 0.812. The van der Waals surface area contributed by atoms with Crippen LogP contribution in [0.2, 0.25) is 0 Å². The summed E-state index contributed by atoms with van der Waals surface area (Å²) in [6.07, 6.45) is 30.8. The minimum Gasteiger partial charge on any atom is -0.313 e. The fourth-order valence-corrected chi connectivity index (χ4v) is 13.0. The highest BCUT2D eigenvalue weighted by Crippen LogP contribution is 2.59. The second-order valence-corrected chi connectivity index (χ2v) is 20.9. The molecule has 73 heavy (non-hydrogen) atoms. The van der Waals surface area contributed by atoms with E-state index >= 15 is 0 Å². The number of para-hydroxylation sites is 1. The summed E-state index contributed by atoms with van der Waals surface area (Å²) in [5.74, 6) is 0.558. The zero-order valence-corrected chi connectivity index (χ0v) is 42.4. The first-order valence-electron chi connectivity index (χ1n) is 25.9. The minimum atomic E-state index is 0.0752. The van der Waals surface area contributed by atoms with Crippen LogP contribution in [0.15, 0.2) is 246 Å². The number of allylic oxidation sites excluding steroid dienone is 13. The van der Waals surface area contributed by atoms with E-state index in [0.29, 0.717) is 5.92 Å². The Morgan fingerprint density at radius 1 is 0.699 bits per heavy atom. The van der Waals surface area contributed by atoms with Gasteiger partial charge in [0, 0.05) is 43.8 Å². The van der Waals surface area contributed by atoms with Crippen LogP contribution in [0.25, 0.3) is 83.2 Å². The molecule has 1 nitrogen and oxygen atoms in total. The molecule has 1 saturated carbocycles. The third-order valence-corrected chi connectivity index (χ3v) is 16.8. The molecule has 1 aliphatic heterocycles. The van der Waals surface area contributed by atoms with Gasteiger partial charge in [-0.25, -0.2) is 0 Å². The number of rotatable bonds is 11. The summed E-state index contributed by atoms with van der Waals surface area (Å²) >= 11 is 1.86. The van der Waals surface area contributed by atoms with E-state index in [1.54, 1.807) is 0 Å². The number of thioether (sulfide) groups is 1. The molecule has 1 aromatic heterocycles. The average Bonchev–Trinajstić information content (AvgIpc) is 4.17. The molecule has 0 spiro atoms. The van der Waals surface area contributed by atoms with E-state index in [4.69, 9.17) is 0 Å².